The van der Waals surface area contributed by atoms with E-state index in [1.807, 2.05) is 37.4 Å². The molecule has 1 aliphatic rings. The van der Waals surface area contributed by atoms with Crippen LogP contribution in [0, 0.1) is 6.92 Å². The van der Waals surface area contributed by atoms with Crippen molar-refractivity contribution in [1.29, 1.82) is 0 Å². The third kappa shape index (κ3) is 4.15. The third-order valence-electron chi connectivity index (χ3n) is 4.48. The molecule has 0 unspecified atom stereocenters. The summed E-state index contributed by atoms with van der Waals surface area (Å²) in [4.78, 5) is 25.5. The smallest absolute Gasteiger partial charge is 0.263 e. The molecule has 5 nitrogen and oxygen atoms in total. The van der Waals surface area contributed by atoms with Crippen molar-refractivity contribution in [3.05, 3.63) is 50.9 Å². The van der Waals surface area contributed by atoms with Crippen LogP contribution in [0.15, 0.2) is 30.5 Å². The number of hydrogen-bond donors (Lipinski definition) is 1. The summed E-state index contributed by atoms with van der Waals surface area (Å²) in [5.74, 6) is 0.905. The Kier molecular flexibility index (Phi) is 5.43. The second-order valence-corrected chi connectivity index (χ2v) is 9.15. The molecular weight excluding hydrogens is 400 g/mol. The molecule has 8 heteroatoms. The lowest BCUT2D eigenvalue weighted by Crippen LogP contribution is -2.23. The molecule has 1 aliphatic heterocycles. The van der Waals surface area contributed by atoms with Gasteiger partial charge in [0.25, 0.3) is 5.91 Å². The number of carbonyl (C=O) groups is 1. The van der Waals surface area contributed by atoms with Crippen molar-refractivity contribution >= 4 is 46.0 Å². The van der Waals surface area contributed by atoms with Crippen molar-refractivity contribution in [3.63, 3.8) is 0 Å². The highest BCUT2D eigenvalue weighted by Crippen LogP contribution is 2.34. The molecular formula is C19H19ClN4OS2. The molecule has 140 valence electrons. The molecule has 4 heterocycles. The number of hydrogen-bond acceptors (Lipinski definition) is 6. The molecule has 0 spiro atoms. The van der Waals surface area contributed by atoms with Gasteiger partial charge < -0.3 is 10.2 Å². The molecule has 3 aromatic rings. The quantitative estimate of drug-likeness (QED) is 0.649. The van der Waals surface area contributed by atoms with Crippen LogP contribution in [0.4, 0.5) is 5.82 Å². The molecule has 0 saturated carbocycles. The Bertz CT molecular complexity index is 945. The molecule has 0 aliphatic carbocycles. The molecule has 1 saturated heterocycles. The van der Waals surface area contributed by atoms with E-state index in [1.54, 1.807) is 0 Å². The van der Waals surface area contributed by atoms with Crippen LogP contribution in [0.3, 0.4) is 0 Å². The number of rotatable bonds is 5. The summed E-state index contributed by atoms with van der Waals surface area (Å²) in [7, 11) is 0. The Balaban J connectivity index is 1.40. The first kappa shape index (κ1) is 18.4. The summed E-state index contributed by atoms with van der Waals surface area (Å²) in [5.41, 5.74) is 1.72. The van der Waals surface area contributed by atoms with E-state index < -0.39 is 0 Å². The SMILES string of the molecule is Cc1nc(-c2ccc(Cl)s2)sc1C(=O)NCc1ccc(N2CCCC2)nc1. The fourth-order valence-electron chi connectivity index (χ4n) is 3.06. The topological polar surface area (TPSA) is 58.1 Å². The van der Waals surface area contributed by atoms with Crippen LogP contribution in [-0.4, -0.2) is 29.0 Å². The maximum atomic E-state index is 12.6. The van der Waals surface area contributed by atoms with E-state index in [2.05, 4.69) is 20.2 Å². The number of amides is 1. The highest BCUT2D eigenvalue weighted by molar-refractivity contribution is 7.24. The number of carbonyl (C=O) groups excluding carboxylic acids is 1. The van der Waals surface area contributed by atoms with Crippen LogP contribution in [0.25, 0.3) is 9.88 Å². The van der Waals surface area contributed by atoms with Gasteiger partial charge in [-0.2, -0.15) is 0 Å². The number of aryl methyl sites for hydroxylation is 1. The second-order valence-electron chi connectivity index (χ2n) is 6.44. The average molecular weight is 419 g/mol. The van der Waals surface area contributed by atoms with Crippen LogP contribution >= 0.6 is 34.3 Å². The zero-order chi connectivity index (χ0) is 18.8. The van der Waals surface area contributed by atoms with Crippen molar-refractivity contribution in [2.24, 2.45) is 0 Å². The number of pyridine rings is 1. The average Bonchev–Trinajstić information content (AvgIpc) is 3.41. The summed E-state index contributed by atoms with van der Waals surface area (Å²) in [5, 5.41) is 3.80. The second kappa shape index (κ2) is 7.96. The monoisotopic (exact) mass is 418 g/mol. The molecule has 0 aromatic carbocycles. The van der Waals surface area contributed by atoms with Gasteiger partial charge in [0.1, 0.15) is 15.7 Å². The number of nitrogens with zero attached hydrogens (tertiary/aromatic N) is 3. The Morgan fingerprint density at radius 3 is 2.70 bits per heavy atom. The first-order valence-electron chi connectivity index (χ1n) is 8.81. The van der Waals surface area contributed by atoms with E-state index in [9.17, 15) is 4.79 Å². The summed E-state index contributed by atoms with van der Waals surface area (Å²) in [6.45, 7) is 4.46. The van der Waals surface area contributed by atoms with Gasteiger partial charge in [-0.25, -0.2) is 9.97 Å². The number of anilines is 1. The molecule has 1 fully saturated rings. The van der Waals surface area contributed by atoms with E-state index in [0.717, 1.165) is 40.0 Å². The van der Waals surface area contributed by atoms with E-state index in [-0.39, 0.29) is 5.91 Å². The lowest BCUT2D eigenvalue weighted by molar-refractivity contribution is 0.0954. The standard InChI is InChI=1S/C19H19ClN4OS2/c1-12-17(27-19(23-12)14-5-6-15(20)26-14)18(25)22-11-13-4-7-16(21-10-13)24-8-2-3-9-24/h4-7,10H,2-3,8-9,11H2,1H3,(H,22,25). The molecule has 1 N–H and O–H groups in total. The number of nitrogens with one attached hydrogen (secondary N) is 1. The van der Waals surface area contributed by atoms with Gasteiger partial charge in [0.15, 0.2) is 0 Å². The minimum Gasteiger partial charge on any atom is -0.357 e. The summed E-state index contributed by atoms with van der Waals surface area (Å²) < 4.78 is 0.716. The fraction of sp³-hybridized carbons (Fsp3) is 0.316. The van der Waals surface area contributed by atoms with Crippen LogP contribution in [0.2, 0.25) is 4.34 Å². The zero-order valence-electron chi connectivity index (χ0n) is 14.9. The van der Waals surface area contributed by atoms with Crippen LogP contribution in [0.5, 0.6) is 0 Å². The lowest BCUT2D eigenvalue weighted by atomic mass is 10.2. The zero-order valence-corrected chi connectivity index (χ0v) is 17.3. The van der Waals surface area contributed by atoms with E-state index in [4.69, 9.17) is 11.6 Å². The molecule has 0 radical (unpaired) electrons. The van der Waals surface area contributed by atoms with E-state index >= 15 is 0 Å². The van der Waals surface area contributed by atoms with Crippen LogP contribution < -0.4 is 10.2 Å². The maximum absolute atomic E-state index is 12.6. The molecule has 4 rings (SSSR count). The van der Waals surface area contributed by atoms with Gasteiger partial charge in [0, 0.05) is 25.8 Å². The summed E-state index contributed by atoms with van der Waals surface area (Å²) >= 11 is 8.86. The summed E-state index contributed by atoms with van der Waals surface area (Å²) in [6, 6.07) is 7.83. The minimum atomic E-state index is -0.109. The summed E-state index contributed by atoms with van der Waals surface area (Å²) in [6.07, 6.45) is 4.30. The van der Waals surface area contributed by atoms with E-state index in [1.165, 1.54) is 35.5 Å². The van der Waals surface area contributed by atoms with Crippen molar-refractivity contribution < 1.29 is 4.79 Å². The minimum absolute atomic E-state index is 0.109. The molecule has 0 bridgehead atoms. The van der Waals surface area contributed by atoms with Gasteiger partial charge >= 0.3 is 0 Å². The highest BCUT2D eigenvalue weighted by atomic mass is 35.5. The highest BCUT2D eigenvalue weighted by Gasteiger charge is 2.17. The molecule has 27 heavy (non-hydrogen) atoms. The number of thiophene rings is 1. The van der Waals surface area contributed by atoms with Crippen LogP contribution in [-0.2, 0) is 6.54 Å². The van der Waals surface area contributed by atoms with Crippen molar-refractivity contribution in [2.45, 2.75) is 26.3 Å². The van der Waals surface area contributed by atoms with Gasteiger partial charge in [0.2, 0.25) is 0 Å². The van der Waals surface area contributed by atoms with Crippen LogP contribution in [0.1, 0.15) is 33.8 Å². The normalized spacial score (nSPS) is 13.9. The Hall–Kier alpha value is -1.96. The Morgan fingerprint density at radius 2 is 2.04 bits per heavy atom. The first-order chi connectivity index (χ1) is 13.1. The van der Waals surface area contributed by atoms with Gasteiger partial charge in [0.05, 0.1) is 14.9 Å². The third-order valence-corrected chi connectivity index (χ3v) is 7.04. The maximum Gasteiger partial charge on any atom is 0.263 e. The van der Waals surface area contributed by atoms with Gasteiger partial charge in [-0.15, -0.1) is 22.7 Å². The predicted octanol–water partition coefficient (Wildman–Crippen LogP) is 4.76. The Morgan fingerprint density at radius 1 is 1.22 bits per heavy atom. The molecule has 3 aromatic heterocycles. The largest absolute Gasteiger partial charge is 0.357 e. The number of halogens is 1. The van der Waals surface area contributed by atoms with Crippen molar-refractivity contribution in [2.75, 3.05) is 18.0 Å². The number of aromatic nitrogens is 2. The van der Waals surface area contributed by atoms with Crippen molar-refractivity contribution in [1.82, 2.24) is 15.3 Å². The predicted molar refractivity (Wildman–Crippen MR) is 112 cm³/mol. The molecule has 0 atom stereocenters. The molecule has 1 amide bonds. The Labute approximate surface area is 171 Å². The number of thiazole rings is 1. The van der Waals surface area contributed by atoms with Gasteiger partial charge in [-0.05, 0) is 43.5 Å². The van der Waals surface area contributed by atoms with E-state index in [0.29, 0.717) is 15.8 Å². The van der Waals surface area contributed by atoms with Gasteiger partial charge in [-0.1, -0.05) is 17.7 Å². The fourth-order valence-corrected chi connectivity index (χ4v) is 5.14. The first-order valence-corrected chi connectivity index (χ1v) is 10.8. The lowest BCUT2D eigenvalue weighted by Gasteiger charge is -2.16. The van der Waals surface area contributed by atoms with Gasteiger partial charge in [-0.3, -0.25) is 4.79 Å². The van der Waals surface area contributed by atoms with Crippen molar-refractivity contribution in [3.8, 4) is 9.88 Å².